The van der Waals surface area contributed by atoms with Gasteiger partial charge in [0, 0.05) is 0 Å². The molecule has 1 N–H and O–H groups in total. The number of aliphatic carboxylic acids is 1. The zero-order valence-electron chi connectivity index (χ0n) is 12.3. The molecule has 1 atom stereocenters. The molecule has 2 nitrogen and oxygen atoms in total. The molecule has 2 heteroatoms. The SMILES string of the molecule is CCCC(C)(CCCCC(C)(C)CC)C(=O)O. The molecule has 0 fully saturated rings. The van der Waals surface area contributed by atoms with E-state index >= 15 is 0 Å². The first-order chi connectivity index (χ1) is 7.77. The summed E-state index contributed by atoms with van der Waals surface area (Å²) in [4.78, 5) is 11.3. The highest BCUT2D eigenvalue weighted by Crippen LogP contribution is 2.33. The topological polar surface area (TPSA) is 37.3 Å². The fourth-order valence-electron chi connectivity index (χ4n) is 2.19. The summed E-state index contributed by atoms with van der Waals surface area (Å²) >= 11 is 0. The standard InChI is InChI=1S/C15H30O2/c1-6-10-15(5,13(16)17)12-9-8-11-14(3,4)7-2/h6-12H2,1-5H3,(H,16,17). The van der Waals surface area contributed by atoms with E-state index in [-0.39, 0.29) is 0 Å². The van der Waals surface area contributed by atoms with Crippen molar-refractivity contribution in [3.63, 3.8) is 0 Å². The molecule has 0 radical (unpaired) electrons. The minimum absolute atomic E-state index is 0.407. The highest BCUT2D eigenvalue weighted by molar-refractivity contribution is 5.73. The normalized spacial score (nSPS) is 15.6. The third kappa shape index (κ3) is 6.09. The Bertz CT molecular complexity index is 233. The molecule has 0 amide bonds. The third-order valence-electron chi connectivity index (χ3n) is 4.11. The molecule has 0 rings (SSSR count). The van der Waals surface area contributed by atoms with Gasteiger partial charge in [-0.05, 0) is 31.6 Å². The number of hydrogen-bond donors (Lipinski definition) is 1. The second kappa shape index (κ2) is 7.03. The van der Waals surface area contributed by atoms with Crippen molar-refractivity contribution >= 4 is 5.97 Å². The van der Waals surface area contributed by atoms with Crippen LogP contribution in [0.3, 0.4) is 0 Å². The Kier molecular flexibility index (Phi) is 6.81. The molecule has 0 saturated heterocycles. The third-order valence-corrected chi connectivity index (χ3v) is 4.11. The maximum atomic E-state index is 11.3. The largest absolute Gasteiger partial charge is 0.481 e. The van der Waals surface area contributed by atoms with E-state index in [1.54, 1.807) is 0 Å². The molecule has 0 aromatic rings. The van der Waals surface area contributed by atoms with Crippen LogP contribution in [-0.4, -0.2) is 11.1 Å². The quantitative estimate of drug-likeness (QED) is 0.585. The summed E-state index contributed by atoms with van der Waals surface area (Å²) < 4.78 is 0. The lowest BCUT2D eigenvalue weighted by molar-refractivity contribution is -0.148. The molecule has 0 heterocycles. The molecule has 0 saturated carbocycles. The summed E-state index contributed by atoms with van der Waals surface area (Å²) in [6.07, 6.45) is 7.13. The Balaban J connectivity index is 4.04. The maximum absolute atomic E-state index is 11.3. The van der Waals surface area contributed by atoms with Crippen molar-refractivity contribution in [2.45, 2.75) is 79.6 Å². The monoisotopic (exact) mass is 242 g/mol. The highest BCUT2D eigenvalue weighted by Gasteiger charge is 2.31. The zero-order valence-corrected chi connectivity index (χ0v) is 12.3. The van der Waals surface area contributed by atoms with Gasteiger partial charge >= 0.3 is 5.97 Å². The molecule has 17 heavy (non-hydrogen) atoms. The molecule has 102 valence electrons. The molecule has 1 unspecified atom stereocenters. The molecular formula is C15H30O2. The van der Waals surface area contributed by atoms with Crippen LogP contribution in [0.5, 0.6) is 0 Å². The van der Waals surface area contributed by atoms with Crippen molar-refractivity contribution in [3.8, 4) is 0 Å². The second-order valence-corrected chi connectivity index (χ2v) is 6.34. The molecule has 0 aliphatic rings. The minimum atomic E-state index is -0.630. The van der Waals surface area contributed by atoms with Crippen LogP contribution in [0.4, 0.5) is 0 Å². The zero-order chi connectivity index (χ0) is 13.5. The van der Waals surface area contributed by atoms with E-state index in [9.17, 15) is 9.90 Å². The molecule has 0 aromatic carbocycles. The molecule has 0 aliphatic heterocycles. The highest BCUT2D eigenvalue weighted by atomic mass is 16.4. The van der Waals surface area contributed by atoms with Gasteiger partial charge in [-0.2, -0.15) is 0 Å². The number of rotatable bonds is 9. The lowest BCUT2D eigenvalue weighted by Gasteiger charge is -2.26. The van der Waals surface area contributed by atoms with Crippen LogP contribution in [-0.2, 0) is 4.79 Å². The van der Waals surface area contributed by atoms with Crippen LogP contribution in [0.2, 0.25) is 0 Å². The first-order valence-electron chi connectivity index (χ1n) is 7.01. The summed E-state index contributed by atoms with van der Waals surface area (Å²) in [5.41, 5.74) is -0.102. The van der Waals surface area contributed by atoms with Crippen LogP contribution in [0.25, 0.3) is 0 Å². The van der Waals surface area contributed by atoms with Crippen molar-refractivity contribution in [3.05, 3.63) is 0 Å². The maximum Gasteiger partial charge on any atom is 0.309 e. The number of carbonyl (C=O) groups is 1. The Morgan fingerprint density at radius 2 is 1.53 bits per heavy atom. The average molecular weight is 242 g/mol. The second-order valence-electron chi connectivity index (χ2n) is 6.34. The van der Waals surface area contributed by atoms with Crippen molar-refractivity contribution in [2.75, 3.05) is 0 Å². The van der Waals surface area contributed by atoms with Crippen molar-refractivity contribution in [1.29, 1.82) is 0 Å². The fourth-order valence-corrected chi connectivity index (χ4v) is 2.19. The summed E-state index contributed by atoms with van der Waals surface area (Å²) in [5.74, 6) is -0.630. The molecular weight excluding hydrogens is 212 g/mol. The smallest absolute Gasteiger partial charge is 0.309 e. The summed E-state index contributed by atoms with van der Waals surface area (Å²) in [6.45, 7) is 10.7. The van der Waals surface area contributed by atoms with Gasteiger partial charge in [-0.1, -0.05) is 53.4 Å². The van der Waals surface area contributed by atoms with Crippen LogP contribution < -0.4 is 0 Å². The Hall–Kier alpha value is -0.530. The lowest BCUT2D eigenvalue weighted by atomic mass is 9.79. The van der Waals surface area contributed by atoms with Crippen molar-refractivity contribution in [2.24, 2.45) is 10.8 Å². The predicted octanol–water partition coefficient (Wildman–Crippen LogP) is 4.87. The fraction of sp³-hybridized carbons (Fsp3) is 0.933. The summed E-state index contributed by atoms with van der Waals surface area (Å²) in [6, 6.07) is 0. The lowest BCUT2D eigenvalue weighted by Crippen LogP contribution is -2.27. The van der Waals surface area contributed by atoms with Gasteiger partial charge in [0.2, 0.25) is 0 Å². The number of hydrogen-bond acceptors (Lipinski definition) is 1. The van der Waals surface area contributed by atoms with Gasteiger partial charge in [-0.3, -0.25) is 4.79 Å². The van der Waals surface area contributed by atoms with Crippen molar-refractivity contribution < 1.29 is 9.90 Å². The first kappa shape index (κ1) is 16.5. The minimum Gasteiger partial charge on any atom is -0.481 e. The van der Waals surface area contributed by atoms with E-state index in [1.165, 1.54) is 12.8 Å². The van der Waals surface area contributed by atoms with E-state index in [1.807, 2.05) is 6.92 Å². The number of carboxylic acid groups (broad SMARTS) is 1. The summed E-state index contributed by atoms with van der Waals surface area (Å²) in [5, 5.41) is 9.27. The van der Waals surface area contributed by atoms with Gasteiger partial charge in [0.15, 0.2) is 0 Å². The number of carboxylic acids is 1. The van der Waals surface area contributed by atoms with Crippen LogP contribution >= 0.6 is 0 Å². The van der Waals surface area contributed by atoms with Crippen molar-refractivity contribution in [1.82, 2.24) is 0 Å². The Morgan fingerprint density at radius 3 is 1.94 bits per heavy atom. The van der Waals surface area contributed by atoms with E-state index in [4.69, 9.17) is 0 Å². The average Bonchev–Trinajstić information content (AvgIpc) is 2.25. The molecule has 0 aliphatic carbocycles. The van der Waals surface area contributed by atoms with Gasteiger partial charge in [0.1, 0.15) is 0 Å². The molecule has 0 bridgehead atoms. The van der Waals surface area contributed by atoms with Gasteiger partial charge in [0.05, 0.1) is 5.41 Å². The van der Waals surface area contributed by atoms with Gasteiger partial charge in [-0.25, -0.2) is 0 Å². The number of unbranched alkanes of at least 4 members (excludes halogenated alkanes) is 1. The van der Waals surface area contributed by atoms with Crippen LogP contribution in [0.15, 0.2) is 0 Å². The van der Waals surface area contributed by atoms with E-state index in [0.29, 0.717) is 5.41 Å². The van der Waals surface area contributed by atoms with E-state index in [2.05, 4.69) is 27.7 Å². The van der Waals surface area contributed by atoms with Gasteiger partial charge in [0.25, 0.3) is 0 Å². The Labute approximate surface area is 107 Å². The predicted molar refractivity (Wildman–Crippen MR) is 73.2 cm³/mol. The molecule has 0 aromatic heterocycles. The first-order valence-corrected chi connectivity index (χ1v) is 7.01. The van der Waals surface area contributed by atoms with Crippen LogP contribution in [0, 0.1) is 10.8 Å². The molecule has 0 spiro atoms. The Morgan fingerprint density at radius 1 is 1.00 bits per heavy atom. The summed E-state index contributed by atoms with van der Waals surface area (Å²) in [7, 11) is 0. The van der Waals surface area contributed by atoms with Crippen LogP contribution in [0.1, 0.15) is 79.6 Å². The van der Waals surface area contributed by atoms with E-state index in [0.717, 1.165) is 32.1 Å². The van der Waals surface area contributed by atoms with E-state index < -0.39 is 11.4 Å². The van der Waals surface area contributed by atoms with Gasteiger partial charge in [-0.15, -0.1) is 0 Å². The van der Waals surface area contributed by atoms with Gasteiger partial charge < -0.3 is 5.11 Å².